The summed E-state index contributed by atoms with van der Waals surface area (Å²) in [5.41, 5.74) is 0.896. The van der Waals surface area contributed by atoms with Gasteiger partial charge in [0.25, 0.3) is 0 Å². The maximum Gasteiger partial charge on any atom is 0.191 e. The molecule has 122 valence electrons. The van der Waals surface area contributed by atoms with Gasteiger partial charge in [-0.1, -0.05) is 25.0 Å². The molecule has 0 spiro atoms. The van der Waals surface area contributed by atoms with Gasteiger partial charge < -0.3 is 15.4 Å². The fraction of sp³-hybridized carbons (Fsp3) is 0.588. The van der Waals surface area contributed by atoms with E-state index in [2.05, 4.69) is 15.6 Å². The molecule has 2 N–H and O–H groups in total. The predicted octanol–water partition coefficient (Wildman–Crippen LogP) is 2.84. The number of nitrogens with zero attached hydrogens (tertiary/aromatic N) is 1. The number of guanidine groups is 1. The number of halogens is 1. The van der Waals surface area contributed by atoms with Crippen LogP contribution in [-0.4, -0.2) is 32.3 Å². The minimum Gasteiger partial charge on any atom is -0.378 e. The standard InChI is InChI=1S/C17H26FN3O/c1-19-17(21-13-14-6-4-7-15(18)12-14)20-10-5-11-22-16-8-2-3-9-16/h4,6-7,12,16H,2-3,5,8-11,13H2,1H3,(H2,19,20,21). The first-order valence-electron chi connectivity index (χ1n) is 8.08. The second-order valence-corrected chi connectivity index (χ2v) is 5.61. The highest BCUT2D eigenvalue weighted by atomic mass is 19.1. The average Bonchev–Trinajstić information content (AvgIpc) is 3.03. The van der Waals surface area contributed by atoms with E-state index in [1.807, 2.05) is 6.07 Å². The van der Waals surface area contributed by atoms with Crippen LogP contribution in [0.3, 0.4) is 0 Å². The van der Waals surface area contributed by atoms with Crippen molar-refractivity contribution in [1.29, 1.82) is 0 Å². The van der Waals surface area contributed by atoms with Crippen molar-refractivity contribution >= 4 is 5.96 Å². The van der Waals surface area contributed by atoms with Crippen LogP contribution >= 0.6 is 0 Å². The SMILES string of the molecule is CN=C(NCCCOC1CCCC1)NCc1cccc(F)c1. The van der Waals surface area contributed by atoms with E-state index >= 15 is 0 Å². The van der Waals surface area contributed by atoms with Gasteiger partial charge in [-0.3, -0.25) is 4.99 Å². The Morgan fingerprint density at radius 1 is 1.32 bits per heavy atom. The van der Waals surface area contributed by atoms with Crippen molar-refractivity contribution in [2.75, 3.05) is 20.2 Å². The van der Waals surface area contributed by atoms with E-state index in [0.717, 1.165) is 31.1 Å². The molecule has 0 heterocycles. The van der Waals surface area contributed by atoms with Crippen LogP contribution in [0.5, 0.6) is 0 Å². The van der Waals surface area contributed by atoms with Crippen LogP contribution < -0.4 is 10.6 Å². The molecule has 1 saturated carbocycles. The van der Waals surface area contributed by atoms with Gasteiger partial charge in [-0.15, -0.1) is 0 Å². The summed E-state index contributed by atoms with van der Waals surface area (Å²) in [4.78, 5) is 4.16. The van der Waals surface area contributed by atoms with Gasteiger partial charge in [0.05, 0.1) is 6.10 Å². The van der Waals surface area contributed by atoms with E-state index in [1.54, 1.807) is 13.1 Å². The molecule has 0 aliphatic heterocycles. The van der Waals surface area contributed by atoms with Crippen molar-refractivity contribution in [2.24, 2.45) is 4.99 Å². The summed E-state index contributed by atoms with van der Waals surface area (Å²) in [5.74, 6) is 0.511. The highest BCUT2D eigenvalue weighted by Gasteiger charge is 2.14. The molecule has 1 aromatic rings. The van der Waals surface area contributed by atoms with Gasteiger partial charge in [0, 0.05) is 26.7 Å². The normalized spacial score (nSPS) is 16.0. The Morgan fingerprint density at radius 3 is 2.86 bits per heavy atom. The molecule has 1 fully saturated rings. The van der Waals surface area contributed by atoms with Crippen LogP contribution in [0.25, 0.3) is 0 Å². The van der Waals surface area contributed by atoms with Crippen LogP contribution in [0.4, 0.5) is 4.39 Å². The summed E-state index contributed by atoms with van der Waals surface area (Å²) < 4.78 is 18.9. The van der Waals surface area contributed by atoms with Gasteiger partial charge in [0.15, 0.2) is 5.96 Å². The number of aliphatic imine (C=N–C) groups is 1. The molecule has 4 nitrogen and oxygen atoms in total. The molecule has 22 heavy (non-hydrogen) atoms. The first-order valence-corrected chi connectivity index (χ1v) is 8.08. The van der Waals surface area contributed by atoms with Crippen molar-refractivity contribution in [3.05, 3.63) is 35.6 Å². The van der Waals surface area contributed by atoms with E-state index in [-0.39, 0.29) is 5.82 Å². The van der Waals surface area contributed by atoms with Crippen LogP contribution in [0, 0.1) is 5.82 Å². The molecule has 0 atom stereocenters. The van der Waals surface area contributed by atoms with E-state index in [9.17, 15) is 4.39 Å². The lowest BCUT2D eigenvalue weighted by molar-refractivity contribution is 0.0574. The highest BCUT2D eigenvalue weighted by Crippen LogP contribution is 2.20. The van der Waals surface area contributed by atoms with Crippen LogP contribution in [0.15, 0.2) is 29.3 Å². The van der Waals surface area contributed by atoms with Crippen molar-refractivity contribution in [2.45, 2.75) is 44.8 Å². The molecule has 0 bridgehead atoms. The minimum atomic E-state index is -0.216. The first-order chi connectivity index (χ1) is 10.8. The number of ether oxygens (including phenoxy) is 1. The predicted molar refractivity (Wildman–Crippen MR) is 87.4 cm³/mol. The van der Waals surface area contributed by atoms with Gasteiger partial charge in [0.1, 0.15) is 5.82 Å². The quantitative estimate of drug-likeness (QED) is 0.462. The summed E-state index contributed by atoms with van der Waals surface area (Å²) in [6, 6.07) is 6.57. The van der Waals surface area contributed by atoms with Gasteiger partial charge in [-0.25, -0.2) is 4.39 Å². The minimum absolute atomic E-state index is 0.216. The lowest BCUT2D eigenvalue weighted by atomic mass is 10.2. The number of benzene rings is 1. The lowest BCUT2D eigenvalue weighted by Gasteiger charge is -2.13. The Morgan fingerprint density at radius 2 is 2.14 bits per heavy atom. The Balaban J connectivity index is 1.58. The third-order valence-corrected chi connectivity index (χ3v) is 3.84. The van der Waals surface area contributed by atoms with Gasteiger partial charge >= 0.3 is 0 Å². The third kappa shape index (κ3) is 6.02. The zero-order chi connectivity index (χ0) is 15.6. The number of rotatable bonds is 7. The maximum absolute atomic E-state index is 13.1. The average molecular weight is 307 g/mol. The van der Waals surface area contributed by atoms with Crippen LogP contribution in [-0.2, 0) is 11.3 Å². The summed E-state index contributed by atoms with van der Waals surface area (Å²) in [7, 11) is 1.73. The monoisotopic (exact) mass is 307 g/mol. The first kappa shape index (κ1) is 16.7. The van der Waals surface area contributed by atoms with Gasteiger partial charge in [-0.05, 0) is 37.0 Å². The largest absolute Gasteiger partial charge is 0.378 e. The number of hydrogen-bond donors (Lipinski definition) is 2. The molecule has 0 unspecified atom stereocenters. The van der Waals surface area contributed by atoms with E-state index in [1.165, 1.54) is 37.8 Å². The topological polar surface area (TPSA) is 45.7 Å². The second-order valence-electron chi connectivity index (χ2n) is 5.61. The number of hydrogen-bond acceptors (Lipinski definition) is 2. The van der Waals surface area contributed by atoms with E-state index in [0.29, 0.717) is 12.6 Å². The summed E-state index contributed by atoms with van der Waals surface area (Å²) in [6.45, 7) is 2.16. The van der Waals surface area contributed by atoms with Crippen molar-refractivity contribution < 1.29 is 9.13 Å². The van der Waals surface area contributed by atoms with Gasteiger partial charge in [0.2, 0.25) is 0 Å². The molecule has 0 amide bonds. The second kappa shape index (κ2) is 9.41. The molecule has 1 aliphatic carbocycles. The fourth-order valence-corrected chi connectivity index (χ4v) is 2.64. The fourth-order valence-electron chi connectivity index (χ4n) is 2.64. The molecular weight excluding hydrogens is 281 g/mol. The van der Waals surface area contributed by atoms with Crippen LogP contribution in [0.2, 0.25) is 0 Å². The Hall–Kier alpha value is -1.62. The molecule has 2 rings (SSSR count). The lowest BCUT2D eigenvalue weighted by Crippen LogP contribution is -2.37. The Kier molecular flexibility index (Phi) is 7.16. The van der Waals surface area contributed by atoms with Crippen molar-refractivity contribution in [1.82, 2.24) is 10.6 Å². The third-order valence-electron chi connectivity index (χ3n) is 3.84. The maximum atomic E-state index is 13.1. The van der Waals surface area contributed by atoms with E-state index < -0.39 is 0 Å². The molecular formula is C17H26FN3O. The molecule has 5 heteroatoms. The van der Waals surface area contributed by atoms with Crippen molar-refractivity contribution in [3.8, 4) is 0 Å². The molecule has 1 aromatic carbocycles. The smallest absolute Gasteiger partial charge is 0.191 e. The van der Waals surface area contributed by atoms with Crippen LogP contribution in [0.1, 0.15) is 37.7 Å². The summed E-state index contributed by atoms with van der Waals surface area (Å²) in [6.07, 6.45) is 6.47. The van der Waals surface area contributed by atoms with Crippen molar-refractivity contribution in [3.63, 3.8) is 0 Å². The molecule has 0 saturated heterocycles. The Bertz CT molecular complexity index is 473. The summed E-state index contributed by atoms with van der Waals surface area (Å²) in [5, 5.41) is 6.42. The molecule has 0 aromatic heterocycles. The van der Waals surface area contributed by atoms with Gasteiger partial charge in [-0.2, -0.15) is 0 Å². The molecule has 1 aliphatic rings. The zero-order valence-corrected chi connectivity index (χ0v) is 13.3. The number of nitrogens with one attached hydrogen (secondary N) is 2. The zero-order valence-electron chi connectivity index (χ0n) is 13.3. The summed E-state index contributed by atoms with van der Waals surface area (Å²) >= 11 is 0. The Labute approximate surface area is 132 Å². The molecule has 0 radical (unpaired) electrons. The van der Waals surface area contributed by atoms with E-state index in [4.69, 9.17) is 4.74 Å². The highest BCUT2D eigenvalue weighted by molar-refractivity contribution is 5.79.